The van der Waals surface area contributed by atoms with Gasteiger partial charge in [-0.2, -0.15) is 0 Å². The van der Waals surface area contributed by atoms with Gasteiger partial charge in [-0.15, -0.1) is 0 Å². The van der Waals surface area contributed by atoms with E-state index >= 15 is 0 Å². The van der Waals surface area contributed by atoms with Gasteiger partial charge in [-0.3, -0.25) is 10.2 Å². The molecule has 3 N–H and O–H groups in total. The van der Waals surface area contributed by atoms with Crippen LogP contribution in [0, 0.1) is 6.92 Å². The summed E-state index contributed by atoms with van der Waals surface area (Å²) in [4.78, 5) is 11.2. The fraction of sp³-hybridized carbons (Fsp3) is 0.545. The molecule has 1 aromatic rings. The molecule has 0 aliphatic heterocycles. The summed E-state index contributed by atoms with van der Waals surface area (Å²) in [5, 5.41) is 0. The molecule has 1 heterocycles. The highest BCUT2D eigenvalue weighted by atomic mass is 16.5. The van der Waals surface area contributed by atoms with Crippen molar-refractivity contribution in [2.75, 3.05) is 13.7 Å². The number of nitrogens with one attached hydrogen (secondary N) is 1. The molecule has 96 valence electrons. The van der Waals surface area contributed by atoms with Crippen molar-refractivity contribution in [1.29, 1.82) is 0 Å². The van der Waals surface area contributed by atoms with Crippen LogP contribution in [0.2, 0.25) is 0 Å². The molecule has 17 heavy (non-hydrogen) atoms. The number of hydrogen-bond donors (Lipinski definition) is 2. The van der Waals surface area contributed by atoms with Crippen molar-refractivity contribution in [3.63, 3.8) is 0 Å². The van der Waals surface area contributed by atoms with Gasteiger partial charge < -0.3 is 13.9 Å². The van der Waals surface area contributed by atoms with Crippen LogP contribution < -0.4 is 11.3 Å². The van der Waals surface area contributed by atoms with Gasteiger partial charge in [0.05, 0.1) is 19.3 Å². The number of aryl methyl sites for hydroxylation is 1. The standard InChI is InChI=1S/C11H18N2O4/c1-7(5-15-3)16-6-9-4-10(11(14)13-12)17-8(9)2/h4,7H,5-6,12H2,1-3H3,(H,13,14). The molecule has 0 bridgehead atoms. The average Bonchev–Trinajstić information content (AvgIpc) is 2.67. The Kier molecular flexibility index (Phi) is 5.14. The summed E-state index contributed by atoms with van der Waals surface area (Å²) in [5.74, 6) is 5.39. The summed E-state index contributed by atoms with van der Waals surface area (Å²) < 4.78 is 15.7. The second-order valence-corrected chi connectivity index (χ2v) is 3.74. The van der Waals surface area contributed by atoms with E-state index < -0.39 is 5.91 Å². The molecule has 0 fully saturated rings. The van der Waals surface area contributed by atoms with Crippen LogP contribution >= 0.6 is 0 Å². The van der Waals surface area contributed by atoms with E-state index in [9.17, 15) is 4.79 Å². The molecule has 0 aliphatic rings. The maximum absolute atomic E-state index is 11.2. The number of hydrogen-bond acceptors (Lipinski definition) is 5. The number of amides is 1. The van der Waals surface area contributed by atoms with Crippen LogP contribution in [-0.4, -0.2) is 25.7 Å². The Morgan fingerprint density at radius 2 is 2.35 bits per heavy atom. The zero-order chi connectivity index (χ0) is 12.8. The first-order valence-corrected chi connectivity index (χ1v) is 5.29. The second kappa shape index (κ2) is 6.39. The van der Waals surface area contributed by atoms with E-state index in [4.69, 9.17) is 19.7 Å². The Morgan fingerprint density at radius 1 is 1.65 bits per heavy atom. The summed E-state index contributed by atoms with van der Waals surface area (Å²) in [5.41, 5.74) is 2.84. The molecule has 0 saturated carbocycles. The molecule has 1 atom stereocenters. The molecular formula is C11H18N2O4. The molecule has 1 amide bonds. The van der Waals surface area contributed by atoms with Crippen molar-refractivity contribution in [2.45, 2.75) is 26.6 Å². The van der Waals surface area contributed by atoms with E-state index in [0.29, 0.717) is 19.0 Å². The van der Waals surface area contributed by atoms with Crippen LogP contribution in [0.4, 0.5) is 0 Å². The third-order valence-corrected chi connectivity index (χ3v) is 2.30. The van der Waals surface area contributed by atoms with Gasteiger partial charge in [0.1, 0.15) is 5.76 Å². The number of carbonyl (C=O) groups excluding carboxylic acids is 1. The lowest BCUT2D eigenvalue weighted by Crippen LogP contribution is -2.29. The first-order valence-electron chi connectivity index (χ1n) is 5.29. The summed E-state index contributed by atoms with van der Waals surface area (Å²) in [6.07, 6.45) is -0.0129. The first kappa shape index (κ1) is 13.7. The molecule has 1 aromatic heterocycles. The zero-order valence-corrected chi connectivity index (χ0v) is 10.3. The van der Waals surface area contributed by atoms with Gasteiger partial charge in [-0.25, -0.2) is 5.84 Å². The first-order chi connectivity index (χ1) is 8.08. The van der Waals surface area contributed by atoms with Crippen molar-refractivity contribution in [3.05, 3.63) is 23.2 Å². The van der Waals surface area contributed by atoms with Gasteiger partial charge >= 0.3 is 5.91 Å². The third-order valence-electron chi connectivity index (χ3n) is 2.30. The zero-order valence-electron chi connectivity index (χ0n) is 10.3. The molecule has 0 aliphatic carbocycles. The molecule has 1 unspecified atom stereocenters. The molecular weight excluding hydrogens is 224 g/mol. The van der Waals surface area contributed by atoms with Gasteiger partial charge in [0.2, 0.25) is 0 Å². The predicted molar refractivity (Wildman–Crippen MR) is 61.2 cm³/mol. The molecule has 0 radical (unpaired) electrons. The third kappa shape index (κ3) is 3.85. The minimum atomic E-state index is -0.454. The number of methoxy groups -OCH3 is 1. The Balaban J connectivity index is 2.59. The van der Waals surface area contributed by atoms with Crippen LogP contribution in [-0.2, 0) is 16.1 Å². The van der Waals surface area contributed by atoms with Gasteiger partial charge in [0.15, 0.2) is 5.76 Å². The lowest BCUT2D eigenvalue weighted by atomic mass is 10.2. The Bertz CT molecular complexity index is 376. The summed E-state index contributed by atoms with van der Waals surface area (Å²) >= 11 is 0. The number of furan rings is 1. The Hall–Kier alpha value is -1.37. The summed E-state index contributed by atoms with van der Waals surface area (Å²) in [7, 11) is 1.62. The fourth-order valence-corrected chi connectivity index (χ4v) is 1.36. The second-order valence-electron chi connectivity index (χ2n) is 3.74. The van der Waals surface area contributed by atoms with Crippen LogP contribution in [0.1, 0.15) is 28.8 Å². The van der Waals surface area contributed by atoms with Crippen molar-refractivity contribution < 1.29 is 18.7 Å². The quantitative estimate of drug-likeness (QED) is 0.436. The molecule has 0 spiro atoms. The highest BCUT2D eigenvalue weighted by Crippen LogP contribution is 2.16. The minimum Gasteiger partial charge on any atom is -0.456 e. The maximum Gasteiger partial charge on any atom is 0.300 e. The Morgan fingerprint density at radius 3 is 2.94 bits per heavy atom. The van der Waals surface area contributed by atoms with E-state index in [-0.39, 0.29) is 11.9 Å². The largest absolute Gasteiger partial charge is 0.456 e. The smallest absolute Gasteiger partial charge is 0.300 e. The van der Waals surface area contributed by atoms with Crippen molar-refractivity contribution in [1.82, 2.24) is 5.43 Å². The van der Waals surface area contributed by atoms with E-state index in [1.807, 2.05) is 12.3 Å². The average molecular weight is 242 g/mol. The molecule has 0 aromatic carbocycles. The normalized spacial score (nSPS) is 12.5. The van der Waals surface area contributed by atoms with Gasteiger partial charge in [-0.05, 0) is 19.9 Å². The van der Waals surface area contributed by atoms with E-state index in [0.717, 1.165) is 5.56 Å². The number of hydrazine groups is 1. The van der Waals surface area contributed by atoms with E-state index in [2.05, 4.69) is 0 Å². The monoisotopic (exact) mass is 242 g/mol. The topological polar surface area (TPSA) is 86.7 Å². The number of rotatable bonds is 6. The van der Waals surface area contributed by atoms with Gasteiger partial charge in [0, 0.05) is 12.7 Å². The molecule has 6 heteroatoms. The fourth-order valence-electron chi connectivity index (χ4n) is 1.36. The van der Waals surface area contributed by atoms with E-state index in [1.54, 1.807) is 20.1 Å². The SMILES string of the molecule is COCC(C)OCc1cc(C(=O)NN)oc1C. The lowest BCUT2D eigenvalue weighted by molar-refractivity contribution is -0.000505. The summed E-state index contributed by atoms with van der Waals surface area (Å²) in [6.45, 7) is 4.57. The number of nitrogen functional groups attached to an aromatic ring is 1. The Labute approximate surface area is 100 Å². The number of carbonyl (C=O) groups is 1. The van der Waals surface area contributed by atoms with E-state index in [1.165, 1.54) is 0 Å². The van der Waals surface area contributed by atoms with Crippen molar-refractivity contribution in [2.24, 2.45) is 5.84 Å². The predicted octanol–water partition coefficient (Wildman–Crippen LogP) is 0.743. The van der Waals surface area contributed by atoms with Crippen molar-refractivity contribution >= 4 is 5.91 Å². The van der Waals surface area contributed by atoms with Gasteiger partial charge in [0.25, 0.3) is 0 Å². The van der Waals surface area contributed by atoms with Gasteiger partial charge in [-0.1, -0.05) is 0 Å². The van der Waals surface area contributed by atoms with Crippen LogP contribution in [0.15, 0.2) is 10.5 Å². The highest BCUT2D eigenvalue weighted by molar-refractivity contribution is 5.91. The highest BCUT2D eigenvalue weighted by Gasteiger charge is 2.14. The molecule has 0 saturated heterocycles. The number of nitrogens with two attached hydrogens (primary N) is 1. The molecule has 6 nitrogen and oxygen atoms in total. The number of ether oxygens (including phenoxy) is 2. The molecule has 1 rings (SSSR count). The van der Waals surface area contributed by atoms with Crippen molar-refractivity contribution in [3.8, 4) is 0 Å². The minimum absolute atomic E-state index is 0.0129. The van der Waals surface area contributed by atoms with Crippen LogP contribution in [0.5, 0.6) is 0 Å². The lowest BCUT2D eigenvalue weighted by Gasteiger charge is -2.10. The van der Waals surface area contributed by atoms with Crippen LogP contribution in [0.25, 0.3) is 0 Å². The maximum atomic E-state index is 11.2. The van der Waals surface area contributed by atoms with Crippen LogP contribution in [0.3, 0.4) is 0 Å². The summed E-state index contributed by atoms with van der Waals surface area (Å²) in [6, 6.07) is 1.62.